The van der Waals surface area contributed by atoms with Crippen molar-refractivity contribution in [2.75, 3.05) is 18.5 Å². The summed E-state index contributed by atoms with van der Waals surface area (Å²) in [5.74, 6) is -1.37. The van der Waals surface area contributed by atoms with Crippen LogP contribution >= 0.6 is 0 Å². The van der Waals surface area contributed by atoms with Gasteiger partial charge in [0.25, 0.3) is 5.91 Å². The molecule has 7 nitrogen and oxygen atoms in total. The molecule has 0 saturated carbocycles. The second-order valence-corrected chi connectivity index (χ2v) is 8.14. The summed E-state index contributed by atoms with van der Waals surface area (Å²) >= 11 is 0. The molecule has 0 radical (unpaired) electrons. The molecular weight excluding hydrogens is 392 g/mol. The molecule has 2 N–H and O–H groups in total. The lowest BCUT2D eigenvalue weighted by Gasteiger charge is -2.10. The zero-order valence-electron chi connectivity index (χ0n) is 15.7. The standard InChI is InChI=1S/C21H20N2O5S/c1-15-9-11-17(12-10-15)29(26,27)22-13-21(25)28-14-20(24)23-19-8-4-6-16-5-2-3-7-18(16)19/h2-12,22H,13-14H2,1H3,(H,23,24). The molecule has 1 amide bonds. The molecule has 8 heteroatoms. The van der Waals surface area contributed by atoms with Crippen LogP contribution in [0, 0.1) is 6.92 Å². The van der Waals surface area contributed by atoms with Gasteiger partial charge < -0.3 is 10.1 Å². The molecule has 0 bridgehead atoms. The van der Waals surface area contributed by atoms with Gasteiger partial charge in [0.15, 0.2) is 6.61 Å². The van der Waals surface area contributed by atoms with Gasteiger partial charge in [0.1, 0.15) is 6.54 Å². The predicted molar refractivity (Wildman–Crippen MR) is 110 cm³/mol. The molecule has 0 aliphatic rings. The Hall–Kier alpha value is -3.23. The van der Waals surface area contributed by atoms with Gasteiger partial charge >= 0.3 is 5.97 Å². The Balaban J connectivity index is 1.51. The lowest BCUT2D eigenvalue weighted by molar-refractivity contribution is -0.146. The van der Waals surface area contributed by atoms with E-state index in [0.29, 0.717) is 5.69 Å². The molecular formula is C21H20N2O5S. The van der Waals surface area contributed by atoms with Crippen LogP contribution in [0.2, 0.25) is 0 Å². The third-order valence-corrected chi connectivity index (χ3v) is 5.58. The smallest absolute Gasteiger partial charge is 0.321 e. The predicted octanol–water partition coefficient (Wildman–Crippen LogP) is 2.61. The average molecular weight is 412 g/mol. The fourth-order valence-corrected chi connectivity index (χ4v) is 3.64. The average Bonchev–Trinajstić information content (AvgIpc) is 2.71. The van der Waals surface area contributed by atoms with E-state index < -0.39 is 35.1 Å². The molecule has 3 aromatic carbocycles. The van der Waals surface area contributed by atoms with E-state index in [1.165, 1.54) is 12.1 Å². The van der Waals surface area contributed by atoms with Crippen LogP contribution in [0.15, 0.2) is 71.6 Å². The van der Waals surface area contributed by atoms with Crippen LogP contribution in [0.1, 0.15) is 5.56 Å². The Kier molecular flexibility index (Phi) is 6.26. The highest BCUT2D eigenvalue weighted by molar-refractivity contribution is 7.89. The number of esters is 1. The van der Waals surface area contributed by atoms with Crippen molar-refractivity contribution < 1.29 is 22.7 Å². The quantitative estimate of drug-likeness (QED) is 0.581. The number of sulfonamides is 1. The molecule has 150 valence electrons. The number of benzene rings is 3. The van der Waals surface area contributed by atoms with Gasteiger partial charge in [0.2, 0.25) is 10.0 Å². The fourth-order valence-electron chi connectivity index (χ4n) is 2.67. The van der Waals surface area contributed by atoms with Crippen molar-refractivity contribution in [1.82, 2.24) is 4.72 Å². The van der Waals surface area contributed by atoms with Gasteiger partial charge in [0.05, 0.1) is 4.90 Å². The van der Waals surface area contributed by atoms with E-state index >= 15 is 0 Å². The number of hydrogen-bond acceptors (Lipinski definition) is 5. The van der Waals surface area contributed by atoms with Gasteiger partial charge in [-0.1, -0.05) is 54.1 Å². The summed E-state index contributed by atoms with van der Waals surface area (Å²) in [4.78, 5) is 23.9. The molecule has 0 unspecified atom stereocenters. The van der Waals surface area contributed by atoms with Crippen molar-refractivity contribution in [3.63, 3.8) is 0 Å². The van der Waals surface area contributed by atoms with E-state index in [0.717, 1.165) is 16.3 Å². The first-order valence-electron chi connectivity index (χ1n) is 8.85. The number of carbonyl (C=O) groups is 2. The van der Waals surface area contributed by atoms with E-state index in [9.17, 15) is 18.0 Å². The van der Waals surface area contributed by atoms with Crippen molar-refractivity contribution >= 4 is 38.4 Å². The number of fused-ring (bicyclic) bond motifs is 1. The number of anilines is 1. The molecule has 0 spiro atoms. The molecule has 0 aliphatic carbocycles. The SMILES string of the molecule is Cc1ccc(S(=O)(=O)NCC(=O)OCC(=O)Nc2cccc3ccccc23)cc1. The van der Waals surface area contributed by atoms with Gasteiger partial charge in [0, 0.05) is 11.1 Å². The number of amides is 1. The van der Waals surface area contributed by atoms with E-state index in [1.807, 2.05) is 43.3 Å². The number of ether oxygens (including phenoxy) is 1. The Morgan fingerprint density at radius 2 is 1.62 bits per heavy atom. The van der Waals surface area contributed by atoms with Crippen LogP contribution < -0.4 is 10.0 Å². The number of aryl methyl sites for hydroxylation is 1. The minimum absolute atomic E-state index is 0.0459. The van der Waals surface area contributed by atoms with Crippen LogP contribution in [0.25, 0.3) is 10.8 Å². The third-order valence-electron chi connectivity index (χ3n) is 4.17. The number of hydrogen-bond donors (Lipinski definition) is 2. The normalized spacial score (nSPS) is 11.2. The van der Waals surface area contributed by atoms with Crippen molar-refractivity contribution in [3.8, 4) is 0 Å². The van der Waals surface area contributed by atoms with E-state index in [2.05, 4.69) is 10.0 Å². The summed E-state index contributed by atoms with van der Waals surface area (Å²) < 4.78 is 31.3. The maximum Gasteiger partial charge on any atom is 0.321 e. The Morgan fingerprint density at radius 3 is 2.38 bits per heavy atom. The highest BCUT2D eigenvalue weighted by atomic mass is 32.2. The summed E-state index contributed by atoms with van der Waals surface area (Å²) in [5, 5.41) is 4.52. The third kappa shape index (κ3) is 5.40. The number of carbonyl (C=O) groups excluding carboxylic acids is 2. The molecule has 0 aliphatic heterocycles. The first-order chi connectivity index (χ1) is 13.8. The highest BCUT2D eigenvalue weighted by Gasteiger charge is 2.16. The molecule has 0 saturated heterocycles. The fraction of sp³-hybridized carbons (Fsp3) is 0.143. The maximum atomic E-state index is 12.2. The van der Waals surface area contributed by atoms with E-state index in [4.69, 9.17) is 4.74 Å². The van der Waals surface area contributed by atoms with Crippen molar-refractivity contribution in [2.24, 2.45) is 0 Å². The monoisotopic (exact) mass is 412 g/mol. The molecule has 3 aromatic rings. The summed E-state index contributed by atoms with van der Waals surface area (Å²) in [7, 11) is -3.83. The van der Waals surface area contributed by atoms with Crippen LogP contribution in [0.4, 0.5) is 5.69 Å². The number of rotatable bonds is 7. The van der Waals surface area contributed by atoms with E-state index in [1.54, 1.807) is 18.2 Å². The van der Waals surface area contributed by atoms with Crippen LogP contribution in [-0.4, -0.2) is 33.4 Å². The largest absolute Gasteiger partial charge is 0.455 e. The lowest BCUT2D eigenvalue weighted by atomic mass is 10.1. The summed E-state index contributed by atoms with van der Waals surface area (Å²) in [6.45, 7) is 0.747. The van der Waals surface area contributed by atoms with Crippen molar-refractivity contribution in [3.05, 3.63) is 72.3 Å². The van der Waals surface area contributed by atoms with Crippen LogP contribution in [-0.2, 0) is 24.3 Å². The van der Waals surface area contributed by atoms with Gasteiger partial charge in [-0.25, -0.2) is 8.42 Å². The van der Waals surface area contributed by atoms with Gasteiger partial charge in [-0.2, -0.15) is 4.72 Å². The topological polar surface area (TPSA) is 102 Å². The first kappa shape index (κ1) is 20.5. The van der Waals surface area contributed by atoms with Crippen LogP contribution in [0.3, 0.4) is 0 Å². The second-order valence-electron chi connectivity index (χ2n) is 6.37. The van der Waals surface area contributed by atoms with Crippen molar-refractivity contribution in [2.45, 2.75) is 11.8 Å². The second kappa shape index (κ2) is 8.85. The lowest BCUT2D eigenvalue weighted by Crippen LogP contribution is -2.32. The highest BCUT2D eigenvalue weighted by Crippen LogP contribution is 2.22. The van der Waals surface area contributed by atoms with Gasteiger partial charge in [-0.3, -0.25) is 9.59 Å². The van der Waals surface area contributed by atoms with Gasteiger partial charge in [-0.15, -0.1) is 0 Å². The van der Waals surface area contributed by atoms with E-state index in [-0.39, 0.29) is 4.90 Å². The Bertz CT molecular complexity index is 1140. The molecule has 3 rings (SSSR count). The van der Waals surface area contributed by atoms with Gasteiger partial charge in [-0.05, 0) is 30.5 Å². The molecule has 0 atom stereocenters. The Labute approximate surface area is 168 Å². The summed E-state index contributed by atoms with van der Waals surface area (Å²) in [5.41, 5.74) is 1.52. The molecule has 29 heavy (non-hydrogen) atoms. The number of nitrogens with one attached hydrogen (secondary N) is 2. The summed E-state index contributed by atoms with van der Waals surface area (Å²) in [6.07, 6.45) is 0. The molecule has 0 heterocycles. The minimum Gasteiger partial charge on any atom is -0.455 e. The Morgan fingerprint density at radius 1 is 0.931 bits per heavy atom. The van der Waals surface area contributed by atoms with Crippen molar-refractivity contribution in [1.29, 1.82) is 0 Å². The molecule has 0 fully saturated rings. The first-order valence-corrected chi connectivity index (χ1v) is 10.3. The molecule has 0 aromatic heterocycles. The summed E-state index contributed by atoms with van der Waals surface area (Å²) in [6, 6.07) is 19.2. The maximum absolute atomic E-state index is 12.2. The van der Waals surface area contributed by atoms with Crippen LogP contribution in [0.5, 0.6) is 0 Å². The zero-order valence-corrected chi connectivity index (χ0v) is 16.5. The zero-order chi connectivity index (χ0) is 20.9. The minimum atomic E-state index is -3.83.